The van der Waals surface area contributed by atoms with E-state index in [0.29, 0.717) is 22.9 Å². The highest BCUT2D eigenvalue weighted by Crippen LogP contribution is 2.24. The molecule has 0 saturated heterocycles. The third kappa shape index (κ3) is 3.89. The van der Waals surface area contributed by atoms with Crippen molar-refractivity contribution in [1.29, 1.82) is 0 Å². The number of carbonyl (C=O) groups is 1. The number of anilines is 1. The Morgan fingerprint density at radius 1 is 1.19 bits per heavy atom. The van der Waals surface area contributed by atoms with Crippen molar-refractivity contribution in [3.8, 4) is 5.75 Å². The molecule has 3 aromatic rings. The quantitative estimate of drug-likeness (QED) is 0.719. The zero-order valence-corrected chi connectivity index (χ0v) is 15.7. The first-order valence-electron chi connectivity index (χ1n) is 8.23. The van der Waals surface area contributed by atoms with E-state index in [1.54, 1.807) is 16.8 Å². The number of nitrogens with zero attached hydrogens (tertiary/aromatic N) is 2. The summed E-state index contributed by atoms with van der Waals surface area (Å²) < 4.78 is 7.49. The molecule has 0 aliphatic rings. The lowest BCUT2D eigenvalue weighted by Gasteiger charge is -2.10. The van der Waals surface area contributed by atoms with E-state index in [2.05, 4.69) is 10.4 Å². The largest absolute Gasteiger partial charge is 0.487 e. The molecular weight excluding hydrogens is 350 g/mol. The lowest BCUT2D eigenvalue weighted by atomic mass is 10.1. The first-order valence-corrected chi connectivity index (χ1v) is 8.61. The molecule has 0 spiro atoms. The maximum Gasteiger partial charge on any atom is 0.255 e. The van der Waals surface area contributed by atoms with Crippen LogP contribution < -0.4 is 10.1 Å². The predicted molar refractivity (Wildman–Crippen MR) is 103 cm³/mol. The van der Waals surface area contributed by atoms with Crippen molar-refractivity contribution in [2.45, 2.75) is 20.5 Å². The Labute approximate surface area is 157 Å². The van der Waals surface area contributed by atoms with Crippen LogP contribution in [0.15, 0.2) is 48.5 Å². The summed E-state index contributed by atoms with van der Waals surface area (Å²) in [6.45, 7) is 4.12. The normalized spacial score (nSPS) is 10.6. The van der Waals surface area contributed by atoms with Crippen molar-refractivity contribution in [2.75, 3.05) is 5.32 Å². The van der Waals surface area contributed by atoms with Gasteiger partial charge in [-0.3, -0.25) is 9.48 Å². The molecule has 0 unspecified atom stereocenters. The molecule has 1 aromatic heterocycles. The van der Waals surface area contributed by atoms with E-state index in [1.165, 1.54) is 0 Å². The third-order valence-electron chi connectivity index (χ3n) is 4.17. The van der Waals surface area contributed by atoms with E-state index in [1.807, 2.05) is 57.3 Å². The van der Waals surface area contributed by atoms with Gasteiger partial charge in [-0.25, -0.2) is 0 Å². The number of carbonyl (C=O) groups excluding carboxylic acids is 1. The Kier molecular flexibility index (Phi) is 5.28. The smallest absolute Gasteiger partial charge is 0.255 e. The van der Waals surface area contributed by atoms with Crippen molar-refractivity contribution in [3.05, 3.63) is 76.1 Å². The molecular formula is C20H20ClN3O2. The Morgan fingerprint density at radius 2 is 1.96 bits per heavy atom. The van der Waals surface area contributed by atoms with Gasteiger partial charge in [0.1, 0.15) is 12.4 Å². The second-order valence-electron chi connectivity index (χ2n) is 6.04. The molecule has 5 nitrogen and oxygen atoms in total. The lowest BCUT2D eigenvalue weighted by Crippen LogP contribution is -2.13. The number of halogens is 1. The van der Waals surface area contributed by atoms with Crippen molar-refractivity contribution < 1.29 is 9.53 Å². The molecule has 2 aromatic carbocycles. The molecule has 0 radical (unpaired) electrons. The second-order valence-corrected chi connectivity index (χ2v) is 6.45. The molecule has 134 valence electrons. The van der Waals surface area contributed by atoms with Gasteiger partial charge in [0.2, 0.25) is 0 Å². The van der Waals surface area contributed by atoms with Crippen molar-refractivity contribution in [3.63, 3.8) is 0 Å². The summed E-state index contributed by atoms with van der Waals surface area (Å²) in [5.41, 5.74) is 3.89. The number of ether oxygens (including phenoxy) is 1. The number of para-hydroxylation sites is 1. The number of benzene rings is 2. The standard InChI is InChI=1S/C20H20ClN3O2/c1-13-19(14(2)24(3)23-13)22-20(25)16-8-6-7-15(11-16)12-26-18-10-5-4-9-17(18)21/h4-11H,12H2,1-3H3,(H,22,25). The zero-order valence-electron chi connectivity index (χ0n) is 14.9. The van der Waals surface area contributed by atoms with Crippen molar-refractivity contribution in [1.82, 2.24) is 9.78 Å². The van der Waals surface area contributed by atoms with E-state index < -0.39 is 0 Å². The SMILES string of the molecule is Cc1nn(C)c(C)c1NC(=O)c1cccc(COc2ccccc2Cl)c1. The molecule has 0 saturated carbocycles. The Hall–Kier alpha value is -2.79. The van der Waals surface area contributed by atoms with E-state index >= 15 is 0 Å². The number of nitrogens with one attached hydrogen (secondary N) is 1. The molecule has 1 N–H and O–H groups in total. The predicted octanol–water partition coefficient (Wildman–Crippen LogP) is 4.52. The first kappa shape index (κ1) is 18.0. The van der Waals surface area contributed by atoms with E-state index in [0.717, 1.165) is 22.6 Å². The summed E-state index contributed by atoms with van der Waals surface area (Å²) in [5, 5.41) is 7.82. The number of aryl methyl sites for hydroxylation is 2. The fourth-order valence-electron chi connectivity index (χ4n) is 2.67. The molecule has 0 fully saturated rings. The van der Waals surface area contributed by atoms with Crippen molar-refractivity contribution in [2.24, 2.45) is 7.05 Å². The molecule has 1 heterocycles. The fourth-order valence-corrected chi connectivity index (χ4v) is 2.86. The van der Waals surface area contributed by atoms with E-state index in [4.69, 9.17) is 16.3 Å². The van der Waals surface area contributed by atoms with Gasteiger partial charge in [-0.1, -0.05) is 35.9 Å². The number of hydrogen-bond donors (Lipinski definition) is 1. The molecule has 0 aliphatic carbocycles. The van der Waals surface area contributed by atoms with Gasteiger partial charge in [-0.2, -0.15) is 5.10 Å². The van der Waals surface area contributed by atoms with Crippen LogP contribution in [0.1, 0.15) is 27.3 Å². The van der Waals surface area contributed by atoms with Crippen LogP contribution in [0.3, 0.4) is 0 Å². The number of rotatable bonds is 5. The molecule has 3 rings (SSSR count). The van der Waals surface area contributed by atoms with Gasteiger partial charge in [0, 0.05) is 12.6 Å². The summed E-state index contributed by atoms with van der Waals surface area (Å²) >= 11 is 6.10. The maximum absolute atomic E-state index is 12.6. The minimum Gasteiger partial charge on any atom is -0.487 e. The molecule has 1 amide bonds. The minimum absolute atomic E-state index is 0.177. The summed E-state index contributed by atoms with van der Waals surface area (Å²) in [6, 6.07) is 14.6. The zero-order chi connectivity index (χ0) is 18.7. The van der Waals surface area contributed by atoms with Gasteiger partial charge in [-0.15, -0.1) is 0 Å². The van der Waals surface area contributed by atoms with Gasteiger partial charge in [0.05, 0.1) is 22.1 Å². The number of hydrogen-bond acceptors (Lipinski definition) is 3. The summed E-state index contributed by atoms with van der Waals surface area (Å²) in [4.78, 5) is 12.6. The number of aromatic nitrogens is 2. The molecule has 6 heteroatoms. The monoisotopic (exact) mass is 369 g/mol. The van der Waals surface area contributed by atoms with Gasteiger partial charge >= 0.3 is 0 Å². The third-order valence-corrected chi connectivity index (χ3v) is 4.48. The maximum atomic E-state index is 12.6. The van der Waals surface area contributed by atoms with Crippen LogP contribution in [0.5, 0.6) is 5.75 Å². The van der Waals surface area contributed by atoms with Crippen molar-refractivity contribution >= 4 is 23.2 Å². The second kappa shape index (κ2) is 7.62. The van der Waals surface area contributed by atoms with Crippen LogP contribution in [0.25, 0.3) is 0 Å². The average molecular weight is 370 g/mol. The highest BCUT2D eigenvalue weighted by atomic mass is 35.5. The minimum atomic E-state index is -0.177. The highest BCUT2D eigenvalue weighted by molar-refractivity contribution is 6.32. The Morgan fingerprint density at radius 3 is 2.65 bits per heavy atom. The van der Waals surface area contributed by atoms with Crippen LogP contribution in [-0.2, 0) is 13.7 Å². The van der Waals surface area contributed by atoms with Gasteiger partial charge in [0.25, 0.3) is 5.91 Å². The lowest BCUT2D eigenvalue weighted by molar-refractivity contribution is 0.102. The highest BCUT2D eigenvalue weighted by Gasteiger charge is 2.14. The average Bonchev–Trinajstić information content (AvgIpc) is 2.87. The van der Waals surface area contributed by atoms with Crippen LogP contribution >= 0.6 is 11.6 Å². The Bertz CT molecular complexity index is 950. The summed E-state index contributed by atoms with van der Waals surface area (Å²) in [7, 11) is 1.85. The van der Waals surface area contributed by atoms with Crippen LogP contribution in [0.4, 0.5) is 5.69 Å². The van der Waals surface area contributed by atoms with E-state index in [9.17, 15) is 4.79 Å². The first-order chi connectivity index (χ1) is 12.5. The van der Waals surface area contributed by atoms with Crippen LogP contribution in [0, 0.1) is 13.8 Å². The van der Waals surface area contributed by atoms with Gasteiger partial charge in [-0.05, 0) is 43.7 Å². The summed E-state index contributed by atoms with van der Waals surface area (Å²) in [6.07, 6.45) is 0. The molecule has 0 atom stereocenters. The number of amides is 1. The van der Waals surface area contributed by atoms with Gasteiger partial charge in [0.15, 0.2) is 0 Å². The van der Waals surface area contributed by atoms with E-state index in [-0.39, 0.29) is 5.91 Å². The topological polar surface area (TPSA) is 56.2 Å². The molecule has 26 heavy (non-hydrogen) atoms. The van der Waals surface area contributed by atoms with Crippen LogP contribution in [0.2, 0.25) is 5.02 Å². The fraction of sp³-hybridized carbons (Fsp3) is 0.200. The molecule has 0 bridgehead atoms. The molecule has 0 aliphatic heterocycles. The Balaban J connectivity index is 1.72. The summed E-state index contributed by atoms with van der Waals surface area (Å²) in [5.74, 6) is 0.439. The van der Waals surface area contributed by atoms with Gasteiger partial charge < -0.3 is 10.1 Å². The van der Waals surface area contributed by atoms with Crippen LogP contribution in [-0.4, -0.2) is 15.7 Å².